The van der Waals surface area contributed by atoms with E-state index in [2.05, 4.69) is 5.32 Å². The standard InChI is InChI=1S/C19H25NO4S2/c1-23-15-13-18(25-11-6-12-26-18)9-10-19(15,17(22)24-2)20-16(21)14-7-4-3-5-8-14/h3-5,7-8,15H,6,9-13H2,1-2H3,(H,20,21)/t15-,19-/m1/s1. The van der Waals surface area contributed by atoms with Crippen LogP contribution in [0.2, 0.25) is 0 Å². The Morgan fingerprint density at radius 2 is 1.81 bits per heavy atom. The predicted molar refractivity (Wildman–Crippen MR) is 106 cm³/mol. The lowest BCUT2D eigenvalue weighted by molar-refractivity contribution is -0.157. The van der Waals surface area contributed by atoms with Crippen LogP contribution in [0.5, 0.6) is 0 Å². The maximum Gasteiger partial charge on any atom is 0.334 e. The normalized spacial score (nSPS) is 27.7. The van der Waals surface area contributed by atoms with Crippen molar-refractivity contribution < 1.29 is 19.1 Å². The summed E-state index contributed by atoms with van der Waals surface area (Å²) in [7, 11) is 2.97. The molecule has 3 rings (SSSR count). The number of benzene rings is 1. The van der Waals surface area contributed by atoms with Gasteiger partial charge in [-0.3, -0.25) is 4.79 Å². The van der Waals surface area contributed by atoms with E-state index in [-0.39, 0.29) is 9.99 Å². The van der Waals surface area contributed by atoms with Crippen LogP contribution in [-0.4, -0.2) is 53.3 Å². The van der Waals surface area contributed by atoms with Gasteiger partial charge in [-0.25, -0.2) is 4.79 Å². The first-order valence-corrected chi connectivity index (χ1v) is 10.8. The Morgan fingerprint density at radius 3 is 2.42 bits per heavy atom. The molecule has 2 aliphatic rings. The van der Waals surface area contributed by atoms with E-state index in [1.807, 2.05) is 29.6 Å². The molecular formula is C19H25NO4S2. The summed E-state index contributed by atoms with van der Waals surface area (Å²) < 4.78 is 10.9. The number of nitrogens with one attached hydrogen (secondary N) is 1. The molecule has 1 saturated carbocycles. The van der Waals surface area contributed by atoms with Crippen LogP contribution in [0.25, 0.3) is 0 Å². The van der Waals surface area contributed by atoms with Crippen LogP contribution in [0.15, 0.2) is 30.3 Å². The highest BCUT2D eigenvalue weighted by molar-refractivity contribution is 8.18. The zero-order valence-corrected chi connectivity index (χ0v) is 16.8. The molecule has 7 heteroatoms. The quantitative estimate of drug-likeness (QED) is 0.791. The summed E-state index contributed by atoms with van der Waals surface area (Å²) in [6.45, 7) is 0. The van der Waals surface area contributed by atoms with Gasteiger partial charge in [0.1, 0.15) is 0 Å². The zero-order valence-electron chi connectivity index (χ0n) is 15.2. The molecule has 1 heterocycles. The van der Waals surface area contributed by atoms with E-state index in [1.54, 1.807) is 31.4 Å². The van der Waals surface area contributed by atoms with Crippen LogP contribution in [0, 0.1) is 0 Å². The van der Waals surface area contributed by atoms with Crippen LogP contribution in [0.1, 0.15) is 36.0 Å². The Bertz CT molecular complexity index is 648. The number of hydrogen-bond acceptors (Lipinski definition) is 6. The van der Waals surface area contributed by atoms with Crippen molar-refractivity contribution in [1.82, 2.24) is 5.32 Å². The van der Waals surface area contributed by atoms with Gasteiger partial charge in [0.25, 0.3) is 5.91 Å². The molecule has 1 N–H and O–H groups in total. The van der Waals surface area contributed by atoms with Gasteiger partial charge < -0.3 is 14.8 Å². The molecule has 0 radical (unpaired) electrons. The van der Waals surface area contributed by atoms with Crippen molar-refractivity contribution in [2.45, 2.75) is 41.4 Å². The van der Waals surface area contributed by atoms with Gasteiger partial charge in [-0.2, -0.15) is 0 Å². The number of amides is 1. The van der Waals surface area contributed by atoms with E-state index in [0.717, 1.165) is 17.9 Å². The Morgan fingerprint density at radius 1 is 1.12 bits per heavy atom. The van der Waals surface area contributed by atoms with Crippen molar-refractivity contribution in [2.75, 3.05) is 25.7 Å². The lowest BCUT2D eigenvalue weighted by Crippen LogP contribution is -2.66. The highest BCUT2D eigenvalue weighted by atomic mass is 32.2. The van der Waals surface area contributed by atoms with Gasteiger partial charge in [-0.1, -0.05) is 18.2 Å². The molecule has 0 aromatic heterocycles. The summed E-state index contributed by atoms with van der Waals surface area (Å²) in [5.74, 6) is 1.54. The monoisotopic (exact) mass is 395 g/mol. The molecule has 5 nitrogen and oxygen atoms in total. The highest BCUT2D eigenvalue weighted by Gasteiger charge is 2.56. The number of ether oxygens (including phenoxy) is 2. The van der Waals surface area contributed by atoms with Gasteiger partial charge in [0.2, 0.25) is 0 Å². The molecule has 1 aliphatic carbocycles. The maximum absolute atomic E-state index is 12.8. The van der Waals surface area contributed by atoms with Crippen molar-refractivity contribution in [2.24, 2.45) is 0 Å². The second kappa shape index (κ2) is 8.23. The predicted octanol–water partition coefficient (Wildman–Crippen LogP) is 3.09. The second-order valence-corrected chi connectivity index (χ2v) is 9.89. The molecule has 1 spiro atoms. The summed E-state index contributed by atoms with van der Waals surface area (Å²) >= 11 is 3.92. The molecule has 1 amide bonds. The zero-order chi connectivity index (χ0) is 18.6. The van der Waals surface area contributed by atoms with E-state index in [4.69, 9.17) is 9.47 Å². The van der Waals surface area contributed by atoms with Crippen molar-refractivity contribution in [3.05, 3.63) is 35.9 Å². The van der Waals surface area contributed by atoms with Crippen LogP contribution in [0.3, 0.4) is 0 Å². The number of methoxy groups -OCH3 is 2. The first kappa shape index (κ1) is 19.6. The molecule has 0 unspecified atom stereocenters. The fourth-order valence-electron chi connectivity index (χ4n) is 3.74. The molecular weight excluding hydrogens is 370 g/mol. The van der Waals surface area contributed by atoms with Gasteiger partial charge in [0, 0.05) is 19.1 Å². The number of thioether (sulfide) groups is 2. The smallest absolute Gasteiger partial charge is 0.334 e. The fourth-order valence-corrected chi connectivity index (χ4v) is 7.11. The number of esters is 1. The first-order chi connectivity index (χ1) is 12.6. The summed E-state index contributed by atoms with van der Waals surface area (Å²) in [6, 6.07) is 8.93. The SMILES string of the molecule is COC(=O)[C@@]1(NC(=O)c2ccccc2)CCC2(C[C@H]1OC)SCCCS2. The topological polar surface area (TPSA) is 64.6 Å². The first-order valence-electron chi connectivity index (χ1n) is 8.82. The largest absolute Gasteiger partial charge is 0.467 e. The third-order valence-electron chi connectivity index (χ3n) is 5.17. The Balaban J connectivity index is 1.87. The summed E-state index contributed by atoms with van der Waals surface area (Å²) in [4.78, 5) is 25.5. The van der Waals surface area contributed by atoms with E-state index in [1.165, 1.54) is 13.5 Å². The summed E-state index contributed by atoms with van der Waals surface area (Å²) in [5.41, 5.74) is -0.632. The summed E-state index contributed by atoms with van der Waals surface area (Å²) in [6.07, 6.45) is 2.85. The second-order valence-electron chi connectivity index (χ2n) is 6.67. The number of hydrogen-bond donors (Lipinski definition) is 1. The third kappa shape index (κ3) is 3.75. The van der Waals surface area contributed by atoms with Crippen LogP contribution in [0.4, 0.5) is 0 Å². The average Bonchev–Trinajstić information content (AvgIpc) is 2.70. The molecule has 1 aliphatic heterocycles. The molecule has 1 saturated heterocycles. The lowest BCUT2D eigenvalue weighted by atomic mass is 9.78. The molecule has 2 atom stereocenters. The van der Waals surface area contributed by atoms with E-state index < -0.39 is 17.6 Å². The minimum atomic E-state index is -1.15. The lowest BCUT2D eigenvalue weighted by Gasteiger charge is -2.49. The van der Waals surface area contributed by atoms with Gasteiger partial charge in [0.05, 0.1) is 17.3 Å². The van der Waals surface area contributed by atoms with E-state index in [0.29, 0.717) is 18.4 Å². The highest BCUT2D eigenvalue weighted by Crippen LogP contribution is 2.54. The minimum absolute atomic E-state index is 0.0634. The van der Waals surface area contributed by atoms with Crippen molar-refractivity contribution in [3.8, 4) is 0 Å². The Kier molecular flexibility index (Phi) is 6.20. The van der Waals surface area contributed by atoms with Crippen LogP contribution < -0.4 is 5.32 Å². The van der Waals surface area contributed by atoms with E-state index in [9.17, 15) is 9.59 Å². The summed E-state index contributed by atoms with van der Waals surface area (Å²) in [5, 5.41) is 2.97. The molecule has 26 heavy (non-hydrogen) atoms. The van der Waals surface area contributed by atoms with Crippen LogP contribution >= 0.6 is 23.5 Å². The fraction of sp³-hybridized carbons (Fsp3) is 0.579. The van der Waals surface area contributed by atoms with Crippen LogP contribution in [-0.2, 0) is 14.3 Å². The van der Waals surface area contributed by atoms with Gasteiger partial charge in [-0.15, -0.1) is 23.5 Å². The molecule has 2 fully saturated rings. The van der Waals surface area contributed by atoms with Gasteiger partial charge in [-0.05, 0) is 42.9 Å². The maximum atomic E-state index is 12.8. The van der Waals surface area contributed by atoms with Crippen molar-refractivity contribution in [3.63, 3.8) is 0 Å². The minimum Gasteiger partial charge on any atom is -0.467 e. The number of carbonyl (C=O) groups is 2. The molecule has 0 bridgehead atoms. The van der Waals surface area contributed by atoms with Gasteiger partial charge >= 0.3 is 5.97 Å². The Labute approximate surface area is 163 Å². The number of carbonyl (C=O) groups excluding carboxylic acids is 2. The molecule has 1 aromatic carbocycles. The molecule has 142 valence electrons. The van der Waals surface area contributed by atoms with Gasteiger partial charge in [0.15, 0.2) is 5.54 Å². The van der Waals surface area contributed by atoms with Crippen molar-refractivity contribution in [1.29, 1.82) is 0 Å². The molecule has 1 aromatic rings. The van der Waals surface area contributed by atoms with Crippen molar-refractivity contribution >= 4 is 35.4 Å². The van der Waals surface area contributed by atoms with E-state index >= 15 is 0 Å². The third-order valence-corrected chi connectivity index (χ3v) is 8.66. The Hall–Kier alpha value is -1.18. The number of rotatable bonds is 4. The average molecular weight is 396 g/mol.